The summed E-state index contributed by atoms with van der Waals surface area (Å²) < 4.78 is 1.98. The van der Waals surface area contributed by atoms with Gasteiger partial charge in [-0.3, -0.25) is 9.36 Å². The van der Waals surface area contributed by atoms with Crippen molar-refractivity contribution in [2.45, 2.75) is 32.9 Å². The molecule has 1 aromatic carbocycles. The normalized spacial score (nSPS) is 11.0. The Morgan fingerprint density at radius 2 is 2.09 bits per heavy atom. The number of nitrogens with zero attached hydrogens (tertiary/aromatic N) is 3. The summed E-state index contributed by atoms with van der Waals surface area (Å²) in [7, 11) is 0. The van der Waals surface area contributed by atoms with Gasteiger partial charge in [-0.05, 0) is 37.5 Å². The van der Waals surface area contributed by atoms with Crippen LogP contribution in [-0.2, 0) is 4.79 Å². The molecule has 0 atom stereocenters. The molecular weight excluding hydrogens is 296 g/mol. The first-order chi connectivity index (χ1) is 10.5. The Kier molecular flexibility index (Phi) is 5.60. The lowest BCUT2D eigenvalue weighted by Crippen LogP contribution is -2.28. The van der Waals surface area contributed by atoms with Crippen LogP contribution in [0.1, 0.15) is 25.2 Å². The van der Waals surface area contributed by atoms with Gasteiger partial charge in [0.1, 0.15) is 5.82 Å². The van der Waals surface area contributed by atoms with Gasteiger partial charge < -0.3 is 5.32 Å². The third kappa shape index (κ3) is 4.34. The third-order valence-corrected chi connectivity index (χ3v) is 4.02. The Morgan fingerprint density at radius 1 is 1.32 bits per heavy atom. The molecule has 0 fully saturated rings. The largest absolute Gasteiger partial charge is 0.355 e. The van der Waals surface area contributed by atoms with Crippen LogP contribution in [0.4, 0.5) is 0 Å². The van der Waals surface area contributed by atoms with E-state index >= 15 is 0 Å². The molecule has 0 bridgehead atoms. The number of hydrogen-bond donors (Lipinski definition) is 1. The van der Waals surface area contributed by atoms with Crippen LogP contribution in [0.5, 0.6) is 0 Å². The van der Waals surface area contributed by atoms with E-state index in [1.54, 1.807) is 0 Å². The van der Waals surface area contributed by atoms with Gasteiger partial charge in [0, 0.05) is 12.2 Å². The monoisotopic (exact) mass is 318 g/mol. The fourth-order valence-electron chi connectivity index (χ4n) is 2.00. The van der Waals surface area contributed by atoms with Gasteiger partial charge in [0.05, 0.1) is 5.75 Å². The van der Waals surface area contributed by atoms with Crippen molar-refractivity contribution >= 4 is 17.7 Å². The number of amides is 1. The molecule has 118 valence electrons. The molecule has 0 saturated heterocycles. The average Bonchev–Trinajstić information content (AvgIpc) is 2.84. The van der Waals surface area contributed by atoms with Gasteiger partial charge in [-0.2, -0.15) is 0 Å². The second kappa shape index (κ2) is 7.45. The zero-order valence-corrected chi connectivity index (χ0v) is 14.3. The minimum absolute atomic E-state index is 0.0233. The number of nitrogens with one attached hydrogen (secondary N) is 1. The number of benzene rings is 1. The summed E-state index contributed by atoms with van der Waals surface area (Å²) in [5, 5.41) is 12.0. The van der Waals surface area contributed by atoms with E-state index in [9.17, 15) is 4.79 Å². The molecule has 22 heavy (non-hydrogen) atoms. The van der Waals surface area contributed by atoms with Gasteiger partial charge in [-0.15, -0.1) is 10.2 Å². The van der Waals surface area contributed by atoms with Crippen molar-refractivity contribution in [3.63, 3.8) is 0 Å². The maximum absolute atomic E-state index is 11.8. The van der Waals surface area contributed by atoms with Crippen LogP contribution in [-0.4, -0.2) is 33.0 Å². The number of aryl methyl sites for hydroxylation is 2. The first kappa shape index (κ1) is 16.5. The molecule has 0 aliphatic rings. The van der Waals surface area contributed by atoms with Crippen LogP contribution in [0.3, 0.4) is 0 Å². The highest BCUT2D eigenvalue weighted by Crippen LogP contribution is 2.22. The van der Waals surface area contributed by atoms with Crippen LogP contribution in [0.2, 0.25) is 0 Å². The number of rotatable bonds is 6. The zero-order valence-electron chi connectivity index (χ0n) is 13.5. The standard InChI is InChI=1S/C16H22N4OS/c1-11(2)9-17-15(21)10-22-16-19-18-13(4)20(16)14-7-5-6-12(3)8-14/h5-8,11H,9-10H2,1-4H3,(H,17,21). The number of thioether (sulfide) groups is 1. The first-order valence-corrected chi connectivity index (χ1v) is 8.34. The van der Waals surface area contributed by atoms with Crippen LogP contribution in [0.25, 0.3) is 5.69 Å². The lowest BCUT2D eigenvalue weighted by molar-refractivity contribution is -0.118. The molecule has 0 aliphatic carbocycles. The van der Waals surface area contributed by atoms with E-state index in [1.165, 1.54) is 17.3 Å². The van der Waals surface area contributed by atoms with Gasteiger partial charge in [0.2, 0.25) is 5.91 Å². The summed E-state index contributed by atoms with van der Waals surface area (Å²) in [4.78, 5) is 11.8. The molecule has 0 aliphatic heterocycles. The van der Waals surface area contributed by atoms with Gasteiger partial charge >= 0.3 is 0 Å². The van der Waals surface area contributed by atoms with Crippen LogP contribution < -0.4 is 5.32 Å². The fraction of sp³-hybridized carbons (Fsp3) is 0.438. The lowest BCUT2D eigenvalue weighted by Gasteiger charge is -2.10. The molecule has 2 aromatic rings. The second-order valence-corrected chi connectivity index (χ2v) is 6.63. The highest BCUT2D eigenvalue weighted by molar-refractivity contribution is 7.99. The molecular formula is C16H22N4OS. The SMILES string of the molecule is Cc1cccc(-n2c(C)nnc2SCC(=O)NCC(C)C)c1. The summed E-state index contributed by atoms with van der Waals surface area (Å²) in [6.07, 6.45) is 0. The lowest BCUT2D eigenvalue weighted by atomic mass is 10.2. The van der Waals surface area contributed by atoms with Crippen molar-refractivity contribution in [3.8, 4) is 5.69 Å². The Balaban J connectivity index is 2.08. The van der Waals surface area contributed by atoms with E-state index in [2.05, 4.69) is 48.4 Å². The van der Waals surface area contributed by atoms with E-state index in [4.69, 9.17) is 0 Å². The third-order valence-electron chi connectivity index (χ3n) is 3.09. The van der Waals surface area contributed by atoms with Crippen molar-refractivity contribution in [2.24, 2.45) is 5.92 Å². The molecule has 1 N–H and O–H groups in total. The van der Waals surface area contributed by atoms with Gasteiger partial charge in [-0.1, -0.05) is 37.7 Å². The Labute approximate surface area is 135 Å². The van der Waals surface area contributed by atoms with E-state index in [0.717, 1.165) is 16.7 Å². The Hall–Kier alpha value is -1.82. The number of carbonyl (C=O) groups is 1. The number of aromatic nitrogens is 3. The van der Waals surface area contributed by atoms with E-state index in [0.29, 0.717) is 18.2 Å². The smallest absolute Gasteiger partial charge is 0.230 e. The van der Waals surface area contributed by atoms with Crippen LogP contribution in [0.15, 0.2) is 29.4 Å². The summed E-state index contributed by atoms with van der Waals surface area (Å²) >= 11 is 1.41. The van der Waals surface area contributed by atoms with Crippen LogP contribution in [0, 0.1) is 19.8 Å². The molecule has 0 radical (unpaired) electrons. The summed E-state index contributed by atoms with van der Waals surface area (Å²) in [6, 6.07) is 8.16. The zero-order chi connectivity index (χ0) is 16.1. The van der Waals surface area contributed by atoms with Gasteiger partial charge in [-0.25, -0.2) is 0 Å². The summed E-state index contributed by atoms with van der Waals surface area (Å²) in [5.74, 6) is 1.63. The molecule has 1 heterocycles. The van der Waals surface area contributed by atoms with Gasteiger partial charge in [0.15, 0.2) is 5.16 Å². The highest BCUT2D eigenvalue weighted by atomic mass is 32.2. The molecule has 1 amide bonds. The maximum Gasteiger partial charge on any atom is 0.230 e. The Morgan fingerprint density at radius 3 is 2.77 bits per heavy atom. The minimum Gasteiger partial charge on any atom is -0.355 e. The van der Waals surface area contributed by atoms with Crippen molar-refractivity contribution < 1.29 is 4.79 Å². The van der Waals surface area contributed by atoms with E-state index < -0.39 is 0 Å². The van der Waals surface area contributed by atoms with Crippen molar-refractivity contribution in [1.29, 1.82) is 0 Å². The minimum atomic E-state index is 0.0233. The molecule has 5 nitrogen and oxygen atoms in total. The molecule has 6 heteroatoms. The second-order valence-electron chi connectivity index (χ2n) is 5.69. The molecule has 2 rings (SSSR count). The van der Waals surface area contributed by atoms with E-state index in [1.807, 2.05) is 23.6 Å². The van der Waals surface area contributed by atoms with Crippen molar-refractivity contribution in [2.75, 3.05) is 12.3 Å². The quantitative estimate of drug-likeness (QED) is 0.832. The predicted octanol–water partition coefficient (Wildman–Crippen LogP) is 2.75. The molecule has 0 spiro atoms. The molecule has 1 aromatic heterocycles. The molecule has 0 unspecified atom stereocenters. The first-order valence-electron chi connectivity index (χ1n) is 7.36. The van der Waals surface area contributed by atoms with E-state index in [-0.39, 0.29) is 5.91 Å². The number of hydrogen-bond acceptors (Lipinski definition) is 4. The Bertz CT molecular complexity index is 651. The fourth-order valence-corrected chi connectivity index (χ4v) is 2.83. The molecule has 0 saturated carbocycles. The summed E-state index contributed by atoms with van der Waals surface area (Å²) in [5.41, 5.74) is 2.20. The average molecular weight is 318 g/mol. The van der Waals surface area contributed by atoms with Gasteiger partial charge in [0.25, 0.3) is 0 Å². The summed E-state index contributed by atoms with van der Waals surface area (Å²) in [6.45, 7) is 8.81. The topological polar surface area (TPSA) is 59.8 Å². The van der Waals surface area contributed by atoms with Crippen LogP contribution >= 0.6 is 11.8 Å². The van der Waals surface area contributed by atoms with Crippen molar-refractivity contribution in [1.82, 2.24) is 20.1 Å². The number of carbonyl (C=O) groups excluding carboxylic acids is 1. The highest BCUT2D eigenvalue weighted by Gasteiger charge is 2.13. The maximum atomic E-state index is 11.8. The predicted molar refractivity (Wildman–Crippen MR) is 89.4 cm³/mol. The van der Waals surface area contributed by atoms with Crippen molar-refractivity contribution in [3.05, 3.63) is 35.7 Å².